The smallest absolute Gasteiger partial charge is 0.317 e. The predicted molar refractivity (Wildman–Crippen MR) is 96.1 cm³/mol. The number of hydrogen-bond donors (Lipinski definition) is 2. The molecule has 142 valence electrons. The molecule has 3 fully saturated rings. The van der Waals surface area contributed by atoms with Gasteiger partial charge in [0.05, 0.1) is 18.2 Å². The highest BCUT2D eigenvalue weighted by molar-refractivity contribution is 5.81. The van der Waals surface area contributed by atoms with E-state index in [2.05, 4.69) is 10.6 Å². The molecule has 0 saturated carbocycles. The van der Waals surface area contributed by atoms with Gasteiger partial charge >= 0.3 is 6.03 Å². The average molecular weight is 351 g/mol. The fourth-order valence-corrected chi connectivity index (χ4v) is 4.49. The predicted octanol–water partition coefficient (Wildman–Crippen LogP) is 2.14. The largest absolute Gasteiger partial charge is 0.369 e. The zero-order valence-electron chi connectivity index (χ0n) is 16.4. The van der Waals surface area contributed by atoms with Crippen molar-refractivity contribution in [2.75, 3.05) is 19.6 Å². The van der Waals surface area contributed by atoms with Gasteiger partial charge in [0.1, 0.15) is 0 Å². The maximum absolute atomic E-state index is 12.6. The van der Waals surface area contributed by atoms with Crippen LogP contribution in [0.1, 0.15) is 54.4 Å². The van der Waals surface area contributed by atoms with Gasteiger partial charge in [-0.05, 0) is 33.6 Å². The third-order valence-electron chi connectivity index (χ3n) is 5.73. The van der Waals surface area contributed by atoms with Crippen LogP contribution in [0.25, 0.3) is 0 Å². The summed E-state index contributed by atoms with van der Waals surface area (Å²) >= 11 is 0. The normalized spacial score (nSPS) is 34.2. The summed E-state index contributed by atoms with van der Waals surface area (Å²) in [6, 6.07) is -0.0131. The van der Waals surface area contributed by atoms with E-state index in [1.165, 1.54) is 0 Å². The van der Waals surface area contributed by atoms with Crippen LogP contribution in [0.5, 0.6) is 0 Å². The van der Waals surface area contributed by atoms with Crippen molar-refractivity contribution < 1.29 is 14.3 Å². The van der Waals surface area contributed by atoms with Gasteiger partial charge in [0.2, 0.25) is 5.91 Å². The lowest BCUT2D eigenvalue weighted by Gasteiger charge is -2.30. The Balaban J connectivity index is 1.65. The van der Waals surface area contributed by atoms with E-state index in [-0.39, 0.29) is 34.6 Å². The van der Waals surface area contributed by atoms with Gasteiger partial charge in [0.25, 0.3) is 0 Å². The van der Waals surface area contributed by atoms with Crippen LogP contribution in [0.3, 0.4) is 0 Å². The molecule has 3 saturated heterocycles. The van der Waals surface area contributed by atoms with Gasteiger partial charge in [-0.15, -0.1) is 0 Å². The molecule has 0 unspecified atom stereocenters. The molecule has 6 heteroatoms. The minimum absolute atomic E-state index is 0.0131. The van der Waals surface area contributed by atoms with E-state index in [4.69, 9.17) is 4.74 Å². The van der Waals surface area contributed by atoms with E-state index in [1.54, 1.807) is 0 Å². The molecule has 0 aromatic heterocycles. The highest BCUT2D eigenvalue weighted by Crippen LogP contribution is 2.54. The zero-order valence-corrected chi connectivity index (χ0v) is 16.4. The van der Waals surface area contributed by atoms with Crippen molar-refractivity contribution in [1.82, 2.24) is 15.5 Å². The Bertz CT molecular complexity index is 563. The second-order valence-corrected chi connectivity index (χ2v) is 10.1. The fraction of sp³-hybridized carbons (Fsp3) is 0.895. The van der Waals surface area contributed by atoms with Crippen molar-refractivity contribution in [2.24, 2.45) is 17.3 Å². The maximum atomic E-state index is 12.6. The second-order valence-electron chi connectivity index (χ2n) is 10.1. The summed E-state index contributed by atoms with van der Waals surface area (Å²) in [6.07, 6.45) is 2.27. The van der Waals surface area contributed by atoms with E-state index in [0.29, 0.717) is 31.5 Å². The molecule has 0 aromatic rings. The van der Waals surface area contributed by atoms with Crippen molar-refractivity contribution in [3.8, 4) is 0 Å². The molecule has 6 nitrogen and oxygen atoms in total. The van der Waals surface area contributed by atoms with Gasteiger partial charge in [0, 0.05) is 35.9 Å². The second kappa shape index (κ2) is 5.86. The lowest BCUT2D eigenvalue weighted by atomic mass is 9.73. The van der Waals surface area contributed by atoms with E-state index in [0.717, 1.165) is 12.8 Å². The van der Waals surface area contributed by atoms with Crippen LogP contribution in [0.4, 0.5) is 4.79 Å². The molecule has 1 spiro atoms. The van der Waals surface area contributed by atoms with Gasteiger partial charge in [-0.3, -0.25) is 4.79 Å². The molecule has 3 heterocycles. The minimum atomic E-state index is -0.384. The topological polar surface area (TPSA) is 70.7 Å². The number of likely N-dealkylation sites (tertiary alicyclic amines) is 1. The molecule has 3 aliphatic heterocycles. The first-order valence-corrected chi connectivity index (χ1v) is 9.44. The van der Waals surface area contributed by atoms with Gasteiger partial charge in [-0.1, -0.05) is 20.8 Å². The first-order chi connectivity index (χ1) is 11.4. The van der Waals surface area contributed by atoms with Crippen molar-refractivity contribution >= 4 is 11.9 Å². The monoisotopic (exact) mass is 351 g/mol. The Morgan fingerprint density at radius 1 is 1.20 bits per heavy atom. The molecular weight excluding hydrogens is 318 g/mol. The van der Waals surface area contributed by atoms with Crippen molar-refractivity contribution in [3.05, 3.63) is 0 Å². The Kier molecular flexibility index (Phi) is 4.34. The molecule has 3 rings (SSSR count). The van der Waals surface area contributed by atoms with Crippen LogP contribution in [0.2, 0.25) is 0 Å². The Hall–Kier alpha value is -1.30. The Morgan fingerprint density at radius 3 is 2.48 bits per heavy atom. The standard InChI is InChI=1S/C19H33N3O3/c1-17(2,3)15(23)20-9-12-13-10-22(16(24)21-18(4,5)6)11-19(13)8-7-14(12)25-19/h12-14H,7-11H2,1-6H3,(H,20,23)(H,21,24)/t12-,13+,14+,19+/m0/s1. The number of nitrogens with one attached hydrogen (secondary N) is 2. The molecule has 2 bridgehead atoms. The molecule has 4 atom stereocenters. The lowest BCUT2D eigenvalue weighted by Crippen LogP contribution is -2.49. The van der Waals surface area contributed by atoms with E-state index >= 15 is 0 Å². The van der Waals surface area contributed by atoms with Crippen LogP contribution in [0.15, 0.2) is 0 Å². The highest BCUT2D eigenvalue weighted by Gasteiger charge is 2.63. The van der Waals surface area contributed by atoms with Gasteiger partial charge in [0.15, 0.2) is 0 Å². The van der Waals surface area contributed by atoms with Crippen molar-refractivity contribution in [2.45, 2.75) is 71.6 Å². The summed E-state index contributed by atoms with van der Waals surface area (Å²) in [4.78, 5) is 26.7. The lowest BCUT2D eigenvalue weighted by molar-refractivity contribution is -0.128. The molecule has 2 N–H and O–H groups in total. The first kappa shape index (κ1) is 18.5. The van der Waals surface area contributed by atoms with Crippen LogP contribution in [0, 0.1) is 17.3 Å². The number of nitrogens with zero attached hydrogens (tertiary/aromatic N) is 1. The Labute approximate surface area is 151 Å². The Morgan fingerprint density at radius 2 is 1.88 bits per heavy atom. The maximum Gasteiger partial charge on any atom is 0.317 e. The quantitative estimate of drug-likeness (QED) is 0.801. The van der Waals surface area contributed by atoms with Crippen molar-refractivity contribution in [3.63, 3.8) is 0 Å². The van der Waals surface area contributed by atoms with Crippen LogP contribution in [-0.4, -0.2) is 53.7 Å². The molecule has 25 heavy (non-hydrogen) atoms. The van der Waals surface area contributed by atoms with E-state index < -0.39 is 0 Å². The summed E-state index contributed by atoms with van der Waals surface area (Å²) in [5.74, 6) is 0.689. The zero-order chi connectivity index (χ0) is 18.6. The third-order valence-corrected chi connectivity index (χ3v) is 5.73. The number of amides is 3. The van der Waals surface area contributed by atoms with E-state index in [9.17, 15) is 9.59 Å². The van der Waals surface area contributed by atoms with E-state index in [1.807, 2.05) is 46.4 Å². The highest BCUT2D eigenvalue weighted by atomic mass is 16.5. The molecule has 3 amide bonds. The molecule has 0 radical (unpaired) electrons. The third kappa shape index (κ3) is 3.50. The number of rotatable bonds is 2. The summed E-state index contributed by atoms with van der Waals surface area (Å²) in [5, 5.41) is 6.15. The SMILES string of the molecule is CC(C)(C)NC(=O)N1C[C@@H]2[C@H](CNC(=O)C(C)(C)C)[C@H]3CC[C@]2(C1)O3. The number of carbonyl (C=O) groups excluding carboxylic acids is 2. The molecular formula is C19H33N3O3. The first-order valence-electron chi connectivity index (χ1n) is 9.44. The fourth-order valence-electron chi connectivity index (χ4n) is 4.49. The summed E-state index contributed by atoms with van der Waals surface area (Å²) in [5.41, 5.74) is -0.826. The summed E-state index contributed by atoms with van der Waals surface area (Å²) in [7, 11) is 0. The molecule has 3 aliphatic rings. The van der Waals surface area contributed by atoms with Gasteiger partial charge in [-0.25, -0.2) is 4.79 Å². The molecule has 0 aliphatic carbocycles. The number of urea groups is 1. The number of hydrogen-bond acceptors (Lipinski definition) is 3. The average Bonchev–Trinajstić information content (AvgIpc) is 3.09. The van der Waals surface area contributed by atoms with Crippen molar-refractivity contribution in [1.29, 1.82) is 0 Å². The number of ether oxygens (including phenoxy) is 1. The van der Waals surface area contributed by atoms with Crippen LogP contribution in [-0.2, 0) is 9.53 Å². The minimum Gasteiger partial charge on any atom is -0.369 e. The molecule has 0 aromatic carbocycles. The number of carbonyl (C=O) groups is 2. The number of fused-ring (bicyclic) bond motifs is 1. The van der Waals surface area contributed by atoms with Crippen LogP contribution >= 0.6 is 0 Å². The van der Waals surface area contributed by atoms with Crippen LogP contribution < -0.4 is 10.6 Å². The van der Waals surface area contributed by atoms with Gasteiger partial charge in [-0.2, -0.15) is 0 Å². The summed E-state index contributed by atoms with van der Waals surface area (Å²) < 4.78 is 6.35. The summed E-state index contributed by atoms with van der Waals surface area (Å²) in [6.45, 7) is 13.8. The van der Waals surface area contributed by atoms with Gasteiger partial charge < -0.3 is 20.3 Å².